The number of hydrogen-bond acceptors (Lipinski definition) is 4. The van der Waals surface area contributed by atoms with Crippen LogP contribution in [0.25, 0.3) is 16.6 Å². The zero-order chi connectivity index (χ0) is 25.8. The van der Waals surface area contributed by atoms with Crippen molar-refractivity contribution in [1.29, 1.82) is 0 Å². The van der Waals surface area contributed by atoms with E-state index in [9.17, 15) is 22.8 Å². The highest BCUT2D eigenvalue weighted by Gasteiger charge is 2.50. The number of anilines is 1. The van der Waals surface area contributed by atoms with Crippen LogP contribution in [0.1, 0.15) is 24.8 Å². The van der Waals surface area contributed by atoms with E-state index >= 15 is 0 Å². The second-order valence-electron chi connectivity index (χ2n) is 8.75. The SMILES string of the molecule is C[C@@H]1C(=O)N(c2ccc3c(cnn3-c3ccc(F)cc3)c2)[C@H](c2ccc(Cl)s2)[C@H]1NC(=O)C(C)(F)F. The maximum absolute atomic E-state index is 13.7. The topological polar surface area (TPSA) is 67.2 Å². The number of benzene rings is 2. The van der Waals surface area contributed by atoms with E-state index in [4.69, 9.17) is 11.6 Å². The number of rotatable bonds is 5. The Kier molecular flexibility index (Phi) is 6.04. The minimum absolute atomic E-state index is 0.320. The second-order valence-corrected chi connectivity index (χ2v) is 10.5. The van der Waals surface area contributed by atoms with Gasteiger partial charge in [0.1, 0.15) is 5.82 Å². The number of amides is 2. The molecule has 11 heteroatoms. The molecule has 2 amide bonds. The van der Waals surface area contributed by atoms with Crippen molar-refractivity contribution < 1.29 is 22.8 Å². The van der Waals surface area contributed by atoms with Crippen molar-refractivity contribution in [2.75, 3.05) is 4.90 Å². The number of alkyl halides is 2. The standard InChI is InChI=1S/C25H20ClF3N4O2S/c1-13-21(31-24(35)25(2,28)29)22(19-9-10-20(26)36-19)32(23(13)34)17-7-8-18-14(11-17)12-30-33(18)16-5-3-15(27)4-6-16/h3-13,21-22H,1-2H3,(H,31,35)/t13-,21-,22+/m0/s1. The number of fused-ring (bicyclic) bond motifs is 1. The largest absolute Gasteiger partial charge is 0.345 e. The first kappa shape index (κ1) is 24.3. The molecule has 2 aromatic heterocycles. The third kappa shape index (κ3) is 4.24. The lowest BCUT2D eigenvalue weighted by Crippen LogP contribution is -2.47. The van der Waals surface area contributed by atoms with Gasteiger partial charge in [0.25, 0.3) is 5.91 Å². The van der Waals surface area contributed by atoms with E-state index < -0.39 is 29.8 Å². The molecular weight excluding hydrogens is 513 g/mol. The molecule has 0 saturated carbocycles. The number of aromatic nitrogens is 2. The third-order valence-electron chi connectivity index (χ3n) is 6.27. The molecule has 0 unspecified atom stereocenters. The van der Waals surface area contributed by atoms with Crippen LogP contribution in [0, 0.1) is 11.7 Å². The fourth-order valence-electron chi connectivity index (χ4n) is 4.46. The Morgan fingerprint density at radius 3 is 2.44 bits per heavy atom. The molecule has 3 heterocycles. The van der Waals surface area contributed by atoms with Gasteiger partial charge in [-0.25, -0.2) is 9.07 Å². The van der Waals surface area contributed by atoms with E-state index in [1.807, 2.05) is 0 Å². The Morgan fingerprint density at radius 2 is 1.81 bits per heavy atom. The molecule has 36 heavy (non-hydrogen) atoms. The van der Waals surface area contributed by atoms with Crippen molar-refractivity contribution >= 4 is 51.3 Å². The molecule has 1 fully saturated rings. The van der Waals surface area contributed by atoms with Crippen molar-refractivity contribution in [2.45, 2.75) is 31.9 Å². The van der Waals surface area contributed by atoms with E-state index in [-0.39, 0.29) is 11.7 Å². The lowest BCUT2D eigenvalue weighted by Gasteiger charge is -2.29. The van der Waals surface area contributed by atoms with E-state index in [2.05, 4.69) is 10.4 Å². The van der Waals surface area contributed by atoms with Crippen molar-refractivity contribution in [1.82, 2.24) is 15.1 Å². The van der Waals surface area contributed by atoms with E-state index in [0.29, 0.717) is 32.9 Å². The number of nitrogens with zero attached hydrogens (tertiary/aromatic N) is 3. The lowest BCUT2D eigenvalue weighted by atomic mass is 9.98. The Hall–Kier alpha value is -3.37. The van der Waals surface area contributed by atoms with Crippen LogP contribution < -0.4 is 10.2 Å². The zero-order valence-corrected chi connectivity index (χ0v) is 20.7. The summed E-state index contributed by atoms with van der Waals surface area (Å²) in [5.74, 6) is -6.49. The highest BCUT2D eigenvalue weighted by Crippen LogP contribution is 2.44. The molecular formula is C25H20ClF3N4O2S. The Labute approximate surface area is 213 Å². The Morgan fingerprint density at radius 1 is 1.11 bits per heavy atom. The van der Waals surface area contributed by atoms with Crippen LogP contribution in [0.3, 0.4) is 0 Å². The van der Waals surface area contributed by atoms with E-state index in [1.54, 1.807) is 60.3 Å². The summed E-state index contributed by atoms with van der Waals surface area (Å²) in [6, 6.07) is 12.9. The van der Waals surface area contributed by atoms with Gasteiger partial charge in [-0.05, 0) is 54.6 Å². The smallest absolute Gasteiger partial charge is 0.321 e. The fourth-order valence-corrected chi connectivity index (χ4v) is 5.66. The number of carbonyl (C=O) groups excluding carboxylic acids is 2. The molecule has 0 aliphatic carbocycles. The first-order valence-electron chi connectivity index (χ1n) is 11.1. The van der Waals surface area contributed by atoms with E-state index in [1.165, 1.54) is 28.4 Å². The molecule has 0 spiro atoms. The Balaban J connectivity index is 1.56. The van der Waals surface area contributed by atoms with Crippen LogP contribution in [-0.2, 0) is 9.59 Å². The van der Waals surface area contributed by atoms with Crippen LogP contribution in [0.2, 0.25) is 4.34 Å². The summed E-state index contributed by atoms with van der Waals surface area (Å²) in [5.41, 5.74) is 1.92. The molecule has 2 aromatic carbocycles. The molecule has 1 N–H and O–H groups in total. The minimum atomic E-state index is -3.60. The first-order valence-corrected chi connectivity index (χ1v) is 12.2. The Bertz CT molecular complexity index is 1460. The van der Waals surface area contributed by atoms with Gasteiger partial charge in [0, 0.05) is 22.9 Å². The molecule has 1 aliphatic rings. The number of hydrogen-bond donors (Lipinski definition) is 1. The molecule has 186 valence electrons. The third-order valence-corrected chi connectivity index (χ3v) is 7.57. The van der Waals surface area contributed by atoms with Gasteiger partial charge >= 0.3 is 5.92 Å². The number of carbonyl (C=O) groups is 2. The van der Waals surface area contributed by atoms with Crippen LogP contribution in [-0.4, -0.2) is 33.6 Å². The van der Waals surface area contributed by atoms with Gasteiger partial charge in [-0.3, -0.25) is 9.59 Å². The highest BCUT2D eigenvalue weighted by molar-refractivity contribution is 7.16. The zero-order valence-electron chi connectivity index (χ0n) is 19.1. The quantitative estimate of drug-likeness (QED) is 0.356. The van der Waals surface area contributed by atoms with Crippen LogP contribution >= 0.6 is 22.9 Å². The maximum Gasteiger partial charge on any atom is 0.321 e. The number of halogens is 4. The fraction of sp³-hybridized carbons (Fsp3) is 0.240. The molecule has 4 aromatic rings. The van der Waals surface area contributed by atoms with Crippen molar-refractivity contribution in [3.05, 3.63) is 75.8 Å². The van der Waals surface area contributed by atoms with E-state index in [0.717, 1.165) is 5.52 Å². The van der Waals surface area contributed by atoms with Crippen LogP contribution in [0.15, 0.2) is 60.8 Å². The van der Waals surface area contributed by atoms with Gasteiger partial charge in [-0.2, -0.15) is 13.9 Å². The molecule has 1 saturated heterocycles. The van der Waals surface area contributed by atoms with Crippen LogP contribution in [0.5, 0.6) is 0 Å². The molecule has 5 rings (SSSR count). The summed E-state index contributed by atoms with van der Waals surface area (Å²) in [7, 11) is 0. The first-order chi connectivity index (χ1) is 17.0. The normalized spacial score (nSPS) is 20.3. The predicted octanol–water partition coefficient (Wildman–Crippen LogP) is 5.74. The monoisotopic (exact) mass is 532 g/mol. The molecule has 0 radical (unpaired) electrons. The minimum Gasteiger partial charge on any atom is -0.345 e. The molecule has 1 aliphatic heterocycles. The highest BCUT2D eigenvalue weighted by atomic mass is 35.5. The number of thiophene rings is 1. The van der Waals surface area contributed by atoms with Gasteiger partial charge < -0.3 is 10.2 Å². The molecule has 3 atom stereocenters. The summed E-state index contributed by atoms with van der Waals surface area (Å²) in [6.07, 6.45) is 1.63. The molecule has 0 bridgehead atoms. The summed E-state index contributed by atoms with van der Waals surface area (Å²) in [6.45, 7) is 2.12. The summed E-state index contributed by atoms with van der Waals surface area (Å²) >= 11 is 7.37. The van der Waals surface area contributed by atoms with Crippen molar-refractivity contribution in [2.24, 2.45) is 5.92 Å². The van der Waals surface area contributed by atoms with Gasteiger partial charge in [0.2, 0.25) is 5.91 Å². The van der Waals surface area contributed by atoms with Gasteiger partial charge in [-0.15, -0.1) is 11.3 Å². The van der Waals surface area contributed by atoms with Crippen LogP contribution in [0.4, 0.5) is 18.9 Å². The summed E-state index contributed by atoms with van der Waals surface area (Å²) in [5, 5.41) is 7.50. The average Bonchev–Trinajstić information content (AvgIpc) is 3.51. The van der Waals surface area contributed by atoms with Crippen molar-refractivity contribution in [3.8, 4) is 5.69 Å². The average molecular weight is 533 g/mol. The summed E-state index contributed by atoms with van der Waals surface area (Å²) in [4.78, 5) is 27.8. The van der Waals surface area contributed by atoms with Crippen molar-refractivity contribution in [3.63, 3.8) is 0 Å². The van der Waals surface area contributed by atoms with Gasteiger partial charge in [0.05, 0.1) is 39.7 Å². The van der Waals surface area contributed by atoms with Gasteiger partial charge in [-0.1, -0.05) is 18.5 Å². The molecule has 6 nitrogen and oxygen atoms in total. The summed E-state index contributed by atoms with van der Waals surface area (Å²) < 4.78 is 42.9. The second kappa shape index (κ2) is 8.94. The lowest BCUT2D eigenvalue weighted by molar-refractivity contribution is -0.144. The maximum atomic E-state index is 13.7. The number of nitrogens with one attached hydrogen (secondary N) is 1. The predicted molar refractivity (Wildman–Crippen MR) is 132 cm³/mol. The van der Waals surface area contributed by atoms with Gasteiger partial charge in [0.15, 0.2) is 0 Å².